The lowest BCUT2D eigenvalue weighted by molar-refractivity contribution is 0.145. The molecule has 0 unspecified atom stereocenters. The molecule has 120 valence electrons. The van der Waals surface area contributed by atoms with Crippen LogP contribution in [0.5, 0.6) is 0 Å². The van der Waals surface area contributed by atoms with E-state index in [1.54, 1.807) is 11.8 Å². The van der Waals surface area contributed by atoms with Crippen molar-refractivity contribution in [1.82, 2.24) is 5.32 Å². The van der Waals surface area contributed by atoms with E-state index in [-0.39, 0.29) is 0 Å². The lowest BCUT2D eigenvalue weighted by atomic mass is 10.2. The van der Waals surface area contributed by atoms with Crippen LogP contribution in [0.1, 0.15) is 25.5 Å². The van der Waals surface area contributed by atoms with E-state index in [9.17, 15) is 4.79 Å². The number of amides is 1. The van der Waals surface area contributed by atoms with E-state index in [4.69, 9.17) is 9.25 Å². The molecular formula is C17H18N2O3S. The van der Waals surface area contributed by atoms with Crippen LogP contribution in [0.4, 0.5) is 4.79 Å². The van der Waals surface area contributed by atoms with Crippen molar-refractivity contribution < 1.29 is 14.0 Å². The van der Waals surface area contributed by atoms with Gasteiger partial charge in [0.25, 0.3) is 0 Å². The standard InChI is InChI=1S/C17H18N2O3S/c1-2-3-10-18-17(20)22-19-15-12-7-4-5-8-13(12)21-14-9-6-11-23-16(14)15/h4-9H,2-3,10-11H2,1H3,(H,18,20). The van der Waals surface area contributed by atoms with E-state index < -0.39 is 6.09 Å². The second kappa shape index (κ2) is 7.37. The third-order valence-electron chi connectivity index (χ3n) is 3.41. The number of hydrogen-bond donors (Lipinski definition) is 1. The molecule has 23 heavy (non-hydrogen) atoms. The molecule has 2 heterocycles. The molecule has 6 heteroatoms. The highest BCUT2D eigenvalue weighted by molar-refractivity contribution is 7.99. The average molecular weight is 330 g/mol. The van der Waals surface area contributed by atoms with Gasteiger partial charge in [-0.3, -0.25) is 4.84 Å². The Bertz CT molecular complexity index is 811. The van der Waals surface area contributed by atoms with Crippen LogP contribution in [0.3, 0.4) is 0 Å². The molecule has 0 fully saturated rings. The third kappa shape index (κ3) is 3.59. The summed E-state index contributed by atoms with van der Waals surface area (Å²) in [5, 5.41) is 8.25. The summed E-state index contributed by atoms with van der Waals surface area (Å²) in [6.07, 6.45) is 5.36. The van der Waals surface area contributed by atoms with Gasteiger partial charge in [0.15, 0.2) is 0 Å². The molecule has 1 N–H and O–H groups in total. The van der Waals surface area contributed by atoms with Gasteiger partial charge in [-0.2, -0.15) is 0 Å². The first-order valence-corrected chi connectivity index (χ1v) is 8.62. The molecule has 0 atom stereocenters. The van der Waals surface area contributed by atoms with Crippen molar-refractivity contribution in [3.63, 3.8) is 0 Å². The SMILES string of the molecule is CCCCNC(=O)ON=c1c2c(oc3ccccc13)C=CCS2. The van der Waals surface area contributed by atoms with Gasteiger partial charge in [-0.25, -0.2) is 4.79 Å². The molecule has 1 aliphatic rings. The maximum atomic E-state index is 11.7. The molecule has 0 aliphatic carbocycles. The van der Waals surface area contributed by atoms with Gasteiger partial charge in [-0.15, -0.1) is 11.8 Å². The minimum absolute atomic E-state index is 0.534. The van der Waals surface area contributed by atoms with Crippen LogP contribution >= 0.6 is 11.8 Å². The number of fused-ring (bicyclic) bond motifs is 2. The minimum Gasteiger partial charge on any atom is -0.455 e. The summed E-state index contributed by atoms with van der Waals surface area (Å²) in [7, 11) is 0. The minimum atomic E-state index is -0.534. The van der Waals surface area contributed by atoms with Crippen molar-refractivity contribution >= 4 is 34.9 Å². The number of rotatable bonds is 4. The Hall–Kier alpha value is -2.21. The summed E-state index contributed by atoms with van der Waals surface area (Å²) in [5.41, 5.74) is 0.715. The fraction of sp³-hybridized carbons (Fsp3) is 0.294. The van der Waals surface area contributed by atoms with E-state index in [0.29, 0.717) is 17.5 Å². The van der Waals surface area contributed by atoms with Crippen LogP contribution in [0.2, 0.25) is 0 Å². The smallest absolute Gasteiger partial charge is 0.433 e. The van der Waals surface area contributed by atoms with Gasteiger partial charge in [-0.05, 0) is 24.6 Å². The summed E-state index contributed by atoms with van der Waals surface area (Å²) in [4.78, 5) is 17.7. The van der Waals surface area contributed by atoms with Crippen LogP contribution in [-0.4, -0.2) is 18.4 Å². The second-order valence-corrected chi connectivity index (χ2v) is 6.13. The van der Waals surface area contributed by atoms with Gasteiger partial charge in [0.05, 0.1) is 4.90 Å². The van der Waals surface area contributed by atoms with Crippen molar-refractivity contribution in [2.45, 2.75) is 24.7 Å². The van der Waals surface area contributed by atoms with Crippen LogP contribution in [-0.2, 0) is 4.84 Å². The molecule has 1 amide bonds. The molecule has 5 nitrogen and oxygen atoms in total. The van der Waals surface area contributed by atoms with Crippen molar-refractivity contribution in [3.05, 3.63) is 41.5 Å². The Morgan fingerprint density at radius 1 is 1.43 bits per heavy atom. The second-order valence-electron chi connectivity index (χ2n) is 5.10. The maximum Gasteiger partial charge on any atom is 0.433 e. The zero-order valence-electron chi connectivity index (χ0n) is 12.9. The molecule has 2 aromatic rings. The van der Waals surface area contributed by atoms with Crippen molar-refractivity contribution in [1.29, 1.82) is 0 Å². The molecule has 0 spiro atoms. The fourth-order valence-electron chi connectivity index (χ4n) is 2.27. The summed E-state index contributed by atoms with van der Waals surface area (Å²) < 4.78 is 5.89. The van der Waals surface area contributed by atoms with Gasteiger partial charge >= 0.3 is 6.09 Å². The predicted octanol–water partition coefficient (Wildman–Crippen LogP) is 3.89. The van der Waals surface area contributed by atoms with Crippen LogP contribution < -0.4 is 10.7 Å². The quantitative estimate of drug-likeness (QED) is 0.525. The van der Waals surface area contributed by atoms with Crippen molar-refractivity contribution in [2.24, 2.45) is 5.16 Å². The summed E-state index contributed by atoms with van der Waals surface area (Å²) in [6.45, 7) is 2.65. The van der Waals surface area contributed by atoms with Gasteiger partial charge < -0.3 is 9.73 Å². The monoisotopic (exact) mass is 330 g/mol. The summed E-state index contributed by atoms with van der Waals surface area (Å²) >= 11 is 1.62. The largest absolute Gasteiger partial charge is 0.455 e. The number of thioether (sulfide) groups is 1. The zero-order valence-corrected chi connectivity index (χ0v) is 13.7. The van der Waals surface area contributed by atoms with Gasteiger partial charge in [0.2, 0.25) is 0 Å². The van der Waals surface area contributed by atoms with Gasteiger partial charge in [0, 0.05) is 17.7 Å². The first-order chi connectivity index (χ1) is 11.3. The molecule has 1 aromatic carbocycles. The van der Waals surface area contributed by atoms with E-state index >= 15 is 0 Å². The molecule has 0 bridgehead atoms. The first kappa shape index (κ1) is 15.7. The molecule has 0 radical (unpaired) electrons. The highest BCUT2D eigenvalue weighted by Crippen LogP contribution is 2.28. The van der Waals surface area contributed by atoms with Gasteiger partial charge in [0.1, 0.15) is 16.7 Å². The van der Waals surface area contributed by atoms with Crippen LogP contribution in [0.15, 0.2) is 44.8 Å². The summed E-state index contributed by atoms with van der Waals surface area (Å²) in [6, 6.07) is 7.60. The fourth-order valence-corrected chi connectivity index (χ4v) is 3.16. The Morgan fingerprint density at radius 2 is 2.30 bits per heavy atom. The average Bonchev–Trinajstić information content (AvgIpc) is 2.59. The first-order valence-electron chi connectivity index (χ1n) is 7.63. The molecule has 3 rings (SSSR count). The highest BCUT2D eigenvalue weighted by atomic mass is 32.2. The molecular weight excluding hydrogens is 312 g/mol. The Labute approximate surface area is 138 Å². The highest BCUT2D eigenvalue weighted by Gasteiger charge is 2.14. The van der Waals surface area contributed by atoms with Crippen LogP contribution in [0, 0.1) is 0 Å². The number of nitrogens with one attached hydrogen (secondary N) is 1. The lowest BCUT2D eigenvalue weighted by Gasteiger charge is -2.11. The topological polar surface area (TPSA) is 63.8 Å². The van der Waals surface area contributed by atoms with Crippen molar-refractivity contribution in [2.75, 3.05) is 12.3 Å². The molecule has 0 saturated carbocycles. The predicted molar refractivity (Wildman–Crippen MR) is 90.9 cm³/mol. The van der Waals surface area contributed by atoms with E-state index in [2.05, 4.69) is 17.4 Å². The summed E-state index contributed by atoms with van der Waals surface area (Å²) in [5.74, 6) is 1.58. The number of carbonyl (C=O) groups excluding carboxylic acids is 1. The number of carbonyl (C=O) groups is 1. The Kier molecular flexibility index (Phi) is 5.02. The number of hydrogen-bond acceptors (Lipinski definition) is 5. The number of unbranched alkanes of at least 4 members (excludes halogenated alkanes) is 1. The van der Waals surface area contributed by atoms with E-state index in [1.807, 2.05) is 36.4 Å². The molecule has 1 aromatic heterocycles. The number of benzene rings is 1. The number of nitrogens with zero attached hydrogens (tertiary/aromatic N) is 1. The van der Waals surface area contributed by atoms with Gasteiger partial charge in [-0.1, -0.05) is 36.7 Å². The van der Waals surface area contributed by atoms with Crippen LogP contribution in [0.25, 0.3) is 17.0 Å². The maximum absolute atomic E-state index is 11.7. The lowest BCUT2D eigenvalue weighted by Crippen LogP contribution is -2.25. The van der Waals surface area contributed by atoms with Crippen molar-refractivity contribution in [3.8, 4) is 0 Å². The third-order valence-corrected chi connectivity index (χ3v) is 4.46. The Morgan fingerprint density at radius 3 is 3.17 bits per heavy atom. The number of para-hydroxylation sites is 1. The normalized spacial score (nSPS) is 13.9. The zero-order chi connectivity index (χ0) is 16.1. The van der Waals surface area contributed by atoms with E-state index in [1.165, 1.54) is 0 Å². The Balaban J connectivity index is 1.97. The molecule has 1 aliphatic heterocycles. The molecule has 0 saturated heterocycles. The van der Waals surface area contributed by atoms with E-state index in [0.717, 1.165) is 34.6 Å².